The number of hydrogen-bond acceptors (Lipinski definition) is 3. The summed E-state index contributed by atoms with van der Waals surface area (Å²) in [6.45, 7) is 4.97. The van der Waals surface area contributed by atoms with Crippen molar-refractivity contribution < 1.29 is 9.59 Å². The molecule has 2 amide bonds. The number of rotatable bonds is 4. The third-order valence-electron chi connectivity index (χ3n) is 3.49. The molecule has 1 aliphatic carbocycles. The molecular weight excluding hydrogens is 220 g/mol. The van der Waals surface area contributed by atoms with E-state index < -0.39 is 12.1 Å². The SMILES string of the molecule is C[C@H](N)C(=O)N[C@@H](C)C(=O)NC1C2C[N]CC21. The van der Waals surface area contributed by atoms with Gasteiger partial charge in [0.1, 0.15) is 6.04 Å². The molecule has 0 spiro atoms. The van der Waals surface area contributed by atoms with Crippen LogP contribution in [0.3, 0.4) is 0 Å². The molecule has 1 aliphatic heterocycles. The number of carbonyl (C=O) groups excluding carboxylic acids is 2. The van der Waals surface area contributed by atoms with E-state index in [1.165, 1.54) is 0 Å². The van der Waals surface area contributed by atoms with E-state index in [0.29, 0.717) is 11.8 Å². The average molecular weight is 239 g/mol. The fourth-order valence-electron chi connectivity index (χ4n) is 2.23. The zero-order valence-corrected chi connectivity index (χ0v) is 10.1. The van der Waals surface area contributed by atoms with Crippen molar-refractivity contribution in [2.45, 2.75) is 32.0 Å². The molecule has 1 radical (unpaired) electrons. The van der Waals surface area contributed by atoms with Crippen LogP contribution in [0.5, 0.6) is 0 Å². The summed E-state index contributed by atoms with van der Waals surface area (Å²) in [6, 6.07) is -0.870. The quantitative estimate of drug-likeness (QED) is 0.539. The zero-order chi connectivity index (χ0) is 12.6. The Balaban J connectivity index is 1.74. The predicted molar refractivity (Wildman–Crippen MR) is 62.0 cm³/mol. The Morgan fingerprint density at radius 1 is 1.24 bits per heavy atom. The molecule has 4 atom stereocenters. The normalized spacial score (nSPS) is 33.5. The van der Waals surface area contributed by atoms with Gasteiger partial charge in [-0.05, 0) is 25.7 Å². The first-order valence-electron chi connectivity index (χ1n) is 6.00. The van der Waals surface area contributed by atoms with Crippen LogP contribution >= 0.6 is 0 Å². The van der Waals surface area contributed by atoms with Crippen molar-refractivity contribution >= 4 is 11.8 Å². The van der Waals surface area contributed by atoms with E-state index in [-0.39, 0.29) is 17.9 Å². The fraction of sp³-hybridized carbons (Fsp3) is 0.818. The van der Waals surface area contributed by atoms with E-state index in [0.717, 1.165) is 13.1 Å². The van der Waals surface area contributed by atoms with Crippen LogP contribution < -0.4 is 21.7 Å². The highest BCUT2D eigenvalue weighted by molar-refractivity contribution is 5.89. The maximum atomic E-state index is 11.8. The molecule has 95 valence electrons. The maximum Gasteiger partial charge on any atom is 0.242 e. The molecule has 6 heteroatoms. The van der Waals surface area contributed by atoms with Crippen molar-refractivity contribution in [1.29, 1.82) is 0 Å². The van der Waals surface area contributed by atoms with E-state index in [2.05, 4.69) is 16.0 Å². The molecule has 1 saturated heterocycles. The van der Waals surface area contributed by atoms with E-state index in [1.54, 1.807) is 13.8 Å². The lowest BCUT2D eigenvalue weighted by Crippen LogP contribution is -2.50. The van der Waals surface area contributed by atoms with Gasteiger partial charge in [0.2, 0.25) is 11.8 Å². The standard InChI is InChI=1S/C11H19N4O2/c1-5(12)10(16)14-6(2)11(17)15-9-7-3-13-4-8(7)9/h5-9H,3-4,12H2,1-2H3,(H,14,16)(H,15,17)/t5-,6-,7?,8?,9?/m0/s1. The molecule has 0 aromatic rings. The fourth-order valence-corrected chi connectivity index (χ4v) is 2.23. The monoisotopic (exact) mass is 239 g/mol. The molecule has 0 bridgehead atoms. The highest BCUT2D eigenvalue weighted by Gasteiger charge is 2.54. The van der Waals surface area contributed by atoms with Gasteiger partial charge in [0, 0.05) is 19.1 Å². The van der Waals surface area contributed by atoms with Crippen LogP contribution in [0.25, 0.3) is 0 Å². The molecule has 1 heterocycles. The Hall–Kier alpha value is -1.14. The molecule has 2 fully saturated rings. The van der Waals surface area contributed by atoms with Crippen molar-refractivity contribution in [3.8, 4) is 0 Å². The summed E-state index contributed by atoms with van der Waals surface area (Å²) < 4.78 is 0. The molecule has 2 aliphatic rings. The Kier molecular flexibility index (Phi) is 3.35. The third kappa shape index (κ3) is 2.58. The van der Waals surface area contributed by atoms with Gasteiger partial charge in [0.25, 0.3) is 0 Å². The lowest BCUT2D eigenvalue weighted by molar-refractivity contribution is -0.129. The zero-order valence-electron chi connectivity index (χ0n) is 10.1. The number of carbonyl (C=O) groups is 2. The van der Waals surface area contributed by atoms with Crippen molar-refractivity contribution in [3.05, 3.63) is 0 Å². The third-order valence-corrected chi connectivity index (χ3v) is 3.49. The van der Waals surface area contributed by atoms with Crippen LogP contribution in [0.15, 0.2) is 0 Å². The maximum absolute atomic E-state index is 11.8. The van der Waals surface area contributed by atoms with Crippen LogP contribution in [0.4, 0.5) is 0 Å². The molecule has 0 aromatic heterocycles. The summed E-state index contributed by atoms with van der Waals surface area (Å²) in [5, 5.41) is 9.77. The largest absolute Gasteiger partial charge is 0.351 e. The summed E-state index contributed by atoms with van der Waals surface area (Å²) in [6.07, 6.45) is 0. The minimum atomic E-state index is -0.593. The van der Waals surface area contributed by atoms with E-state index >= 15 is 0 Å². The Morgan fingerprint density at radius 3 is 2.35 bits per heavy atom. The van der Waals surface area contributed by atoms with Crippen molar-refractivity contribution in [2.75, 3.05) is 13.1 Å². The molecule has 4 N–H and O–H groups in total. The molecule has 0 aromatic carbocycles. The molecule has 2 unspecified atom stereocenters. The van der Waals surface area contributed by atoms with Crippen molar-refractivity contribution in [3.63, 3.8) is 0 Å². The van der Waals surface area contributed by atoms with Gasteiger partial charge in [-0.2, -0.15) is 0 Å². The van der Waals surface area contributed by atoms with Crippen molar-refractivity contribution in [1.82, 2.24) is 16.0 Å². The summed E-state index contributed by atoms with van der Waals surface area (Å²) in [7, 11) is 0. The Morgan fingerprint density at radius 2 is 1.82 bits per heavy atom. The van der Waals surface area contributed by atoms with E-state index in [4.69, 9.17) is 5.73 Å². The number of amides is 2. The summed E-state index contributed by atoms with van der Waals surface area (Å²) in [4.78, 5) is 23.1. The number of piperidine rings is 1. The Labute approximate surface area is 101 Å². The van der Waals surface area contributed by atoms with Gasteiger partial charge in [-0.25, -0.2) is 5.32 Å². The molecule has 17 heavy (non-hydrogen) atoms. The smallest absolute Gasteiger partial charge is 0.242 e. The van der Waals surface area contributed by atoms with Gasteiger partial charge in [-0.15, -0.1) is 0 Å². The second-order valence-electron chi connectivity index (χ2n) is 4.97. The van der Waals surface area contributed by atoms with E-state index in [1.807, 2.05) is 0 Å². The number of nitrogens with zero attached hydrogens (tertiary/aromatic N) is 1. The van der Waals surface area contributed by atoms with Gasteiger partial charge in [0.05, 0.1) is 6.04 Å². The van der Waals surface area contributed by atoms with Gasteiger partial charge < -0.3 is 16.4 Å². The van der Waals surface area contributed by atoms with Gasteiger partial charge in [-0.1, -0.05) is 0 Å². The number of nitrogens with two attached hydrogens (primary N) is 1. The minimum Gasteiger partial charge on any atom is -0.351 e. The lowest BCUT2D eigenvalue weighted by atomic mass is 10.2. The Bertz CT molecular complexity index is 321. The number of fused-ring (bicyclic) bond motifs is 1. The van der Waals surface area contributed by atoms with Crippen molar-refractivity contribution in [2.24, 2.45) is 17.6 Å². The molecule has 1 saturated carbocycles. The average Bonchev–Trinajstić information content (AvgIpc) is 2.74. The second kappa shape index (κ2) is 4.62. The van der Waals surface area contributed by atoms with Gasteiger partial charge in [0.15, 0.2) is 0 Å². The molecule has 6 nitrogen and oxygen atoms in total. The summed E-state index contributed by atoms with van der Waals surface area (Å²) >= 11 is 0. The van der Waals surface area contributed by atoms with Crippen LogP contribution in [0.1, 0.15) is 13.8 Å². The van der Waals surface area contributed by atoms with Gasteiger partial charge in [-0.3, -0.25) is 9.59 Å². The van der Waals surface area contributed by atoms with Crippen LogP contribution in [-0.4, -0.2) is 43.0 Å². The highest BCUT2D eigenvalue weighted by atomic mass is 16.2. The molecular formula is C11H19N4O2. The van der Waals surface area contributed by atoms with Gasteiger partial charge >= 0.3 is 0 Å². The first kappa shape index (κ1) is 12.3. The molecule has 2 rings (SSSR count). The van der Waals surface area contributed by atoms with E-state index in [9.17, 15) is 9.59 Å². The highest BCUT2D eigenvalue weighted by Crippen LogP contribution is 2.42. The van der Waals surface area contributed by atoms with Crippen LogP contribution in [0, 0.1) is 11.8 Å². The first-order chi connectivity index (χ1) is 8.00. The first-order valence-corrected chi connectivity index (χ1v) is 6.00. The summed E-state index contributed by atoms with van der Waals surface area (Å²) in [5.74, 6) is 0.600. The minimum absolute atomic E-state index is 0.140. The summed E-state index contributed by atoms with van der Waals surface area (Å²) in [5.41, 5.74) is 5.42. The topological polar surface area (TPSA) is 98.3 Å². The predicted octanol–water partition coefficient (Wildman–Crippen LogP) is -1.81. The number of hydrogen-bond donors (Lipinski definition) is 3. The van der Waals surface area contributed by atoms with Crippen LogP contribution in [-0.2, 0) is 9.59 Å². The lowest BCUT2D eigenvalue weighted by Gasteiger charge is -2.16. The van der Waals surface area contributed by atoms with Crippen LogP contribution in [0.2, 0.25) is 0 Å². The second-order valence-corrected chi connectivity index (χ2v) is 4.97. The number of nitrogens with one attached hydrogen (secondary N) is 2.